The Kier molecular flexibility index (Phi) is 6.64. The number of ether oxygens (including phenoxy) is 1. The van der Waals surface area contributed by atoms with Crippen LogP contribution in [-0.4, -0.2) is 63.6 Å². The van der Waals surface area contributed by atoms with Crippen LogP contribution in [0.25, 0.3) is 11.3 Å². The smallest absolute Gasteiger partial charge is 0.228 e. The molecule has 0 unspecified atom stereocenters. The van der Waals surface area contributed by atoms with E-state index in [2.05, 4.69) is 30.3 Å². The molecule has 0 aliphatic heterocycles. The summed E-state index contributed by atoms with van der Waals surface area (Å²) in [4.78, 5) is 15.5. The Labute approximate surface area is 187 Å². The molecular formula is C23H30FN7O. The van der Waals surface area contributed by atoms with Crippen LogP contribution in [0.1, 0.15) is 24.8 Å². The molecule has 4 rings (SSSR count). The predicted octanol–water partition coefficient (Wildman–Crippen LogP) is 3.87. The minimum atomic E-state index is -0.296. The highest BCUT2D eigenvalue weighted by Crippen LogP contribution is 2.42. The second-order valence-electron chi connectivity index (χ2n) is 8.79. The summed E-state index contributed by atoms with van der Waals surface area (Å²) in [6.45, 7) is 3.71. The molecule has 0 saturated heterocycles. The first-order valence-corrected chi connectivity index (χ1v) is 10.9. The van der Waals surface area contributed by atoms with E-state index in [1.807, 2.05) is 44.0 Å². The molecule has 3 heterocycles. The van der Waals surface area contributed by atoms with Crippen molar-refractivity contribution >= 4 is 11.8 Å². The van der Waals surface area contributed by atoms with Crippen LogP contribution in [0, 0.1) is 12.3 Å². The maximum Gasteiger partial charge on any atom is 0.228 e. The molecule has 1 N–H and O–H groups in total. The van der Waals surface area contributed by atoms with Crippen LogP contribution in [0.15, 0.2) is 36.9 Å². The van der Waals surface area contributed by atoms with E-state index in [4.69, 9.17) is 4.74 Å². The number of alkyl halides is 1. The van der Waals surface area contributed by atoms with Gasteiger partial charge in [0, 0.05) is 36.5 Å². The molecule has 9 heteroatoms. The summed E-state index contributed by atoms with van der Waals surface area (Å²) < 4.78 is 21.0. The summed E-state index contributed by atoms with van der Waals surface area (Å²) in [6, 6.07) is 3.70. The summed E-state index contributed by atoms with van der Waals surface area (Å²) in [7, 11) is 4.01. The molecule has 3 aromatic heterocycles. The van der Waals surface area contributed by atoms with Crippen molar-refractivity contribution in [2.75, 3.05) is 39.2 Å². The number of aryl methyl sites for hydroxylation is 1. The fourth-order valence-corrected chi connectivity index (χ4v) is 3.72. The molecule has 0 aromatic carbocycles. The Morgan fingerprint density at radius 1 is 1.19 bits per heavy atom. The van der Waals surface area contributed by atoms with Crippen LogP contribution in [0.2, 0.25) is 0 Å². The number of rotatable bonds is 10. The topological polar surface area (TPSA) is 81.0 Å². The van der Waals surface area contributed by atoms with Crippen LogP contribution >= 0.6 is 0 Å². The van der Waals surface area contributed by atoms with Crippen molar-refractivity contribution < 1.29 is 9.13 Å². The molecule has 1 aliphatic rings. The van der Waals surface area contributed by atoms with Gasteiger partial charge in [-0.15, -0.1) is 0 Å². The lowest BCUT2D eigenvalue weighted by molar-refractivity contribution is 0.0648. The number of nitrogens with zero attached hydrogens (tertiary/aromatic N) is 6. The standard InChI is InChI=1S/C23H30FN7O/c1-17-11-26-22(28-20-6-5-19(13-25-20)32-10-9-30(2)3)29-21(17)18-12-27-31(14-18)16-23(15-24)7-4-8-23/h5-6,11-14H,4,7-10,15-16H2,1-3H3,(H,25,26,28,29). The molecule has 1 aliphatic carbocycles. The van der Waals surface area contributed by atoms with Crippen molar-refractivity contribution in [2.24, 2.45) is 5.41 Å². The van der Waals surface area contributed by atoms with Gasteiger partial charge in [0.2, 0.25) is 5.95 Å². The van der Waals surface area contributed by atoms with Crippen molar-refractivity contribution in [3.8, 4) is 17.0 Å². The van der Waals surface area contributed by atoms with E-state index < -0.39 is 0 Å². The van der Waals surface area contributed by atoms with Crippen LogP contribution in [0.5, 0.6) is 5.75 Å². The largest absolute Gasteiger partial charge is 0.491 e. The highest BCUT2D eigenvalue weighted by molar-refractivity contribution is 5.63. The summed E-state index contributed by atoms with van der Waals surface area (Å²) in [6.07, 6.45) is 10.1. The fourth-order valence-electron chi connectivity index (χ4n) is 3.72. The molecule has 0 bridgehead atoms. The van der Waals surface area contributed by atoms with E-state index >= 15 is 0 Å². The summed E-state index contributed by atoms with van der Waals surface area (Å²) in [5.74, 6) is 1.80. The number of anilines is 2. The number of likely N-dealkylation sites (N-methyl/N-ethyl adjacent to an activating group) is 1. The zero-order valence-corrected chi connectivity index (χ0v) is 18.9. The predicted molar refractivity (Wildman–Crippen MR) is 122 cm³/mol. The molecular weight excluding hydrogens is 409 g/mol. The lowest BCUT2D eigenvalue weighted by Crippen LogP contribution is -2.36. The van der Waals surface area contributed by atoms with E-state index in [0.717, 1.165) is 42.6 Å². The molecule has 32 heavy (non-hydrogen) atoms. The van der Waals surface area contributed by atoms with Gasteiger partial charge in [-0.05, 0) is 51.6 Å². The van der Waals surface area contributed by atoms with Crippen molar-refractivity contribution in [2.45, 2.75) is 32.7 Å². The first-order valence-electron chi connectivity index (χ1n) is 10.9. The number of hydrogen-bond donors (Lipinski definition) is 1. The van der Waals surface area contributed by atoms with Gasteiger partial charge in [-0.2, -0.15) is 5.10 Å². The van der Waals surface area contributed by atoms with Gasteiger partial charge >= 0.3 is 0 Å². The maximum absolute atomic E-state index is 13.5. The maximum atomic E-state index is 13.5. The van der Waals surface area contributed by atoms with E-state index in [0.29, 0.717) is 30.7 Å². The van der Waals surface area contributed by atoms with E-state index in [1.165, 1.54) is 0 Å². The van der Waals surface area contributed by atoms with Crippen LogP contribution in [0.3, 0.4) is 0 Å². The molecule has 1 saturated carbocycles. The van der Waals surface area contributed by atoms with E-state index in [-0.39, 0.29) is 12.1 Å². The number of halogens is 1. The van der Waals surface area contributed by atoms with Crippen molar-refractivity contribution in [1.29, 1.82) is 0 Å². The summed E-state index contributed by atoms with van der Waals surface area (Å²) in [5.41, 5.74) is 2.38. The average molecular weight is 440 g/mol. The molecule has 3 aromatic rings. The van der Waals surface area contributed by atoms with Crippen molar-refractivity contribution in [3.63, 3.8) is 0 Å². The van der Waals surface area contributed by atoms with E-state index in [1.54, 1.807) is 18.6 Å². The molecule has 1 fully saturated rings. The third kappa shape index (κ3) is 5.21. The number of hydrogen-bond acceptors (Lipinski definition) is 7. The molecule has 8 nitrogen and oxygen atoms in total. The van der Waals surface area contributed by atoms with Crippen molar-refractivity contribution in [1.82, 2.24) is 29.6 Å². The second-order valence-corrected chi connectivity index (χ2v) is 8.79. The third-order valence-electron chi connectivity index (χ3n) is 5.86. The summed E-state index contributed by atoms with van der Waals surface area (Å²) >= 11 is 0. The fraction of sp³-hybridized carbons (Fsp3) is 0.478. The zero-order valence-electron chi connectivity index (χ0n) is 18.9. The van der Waals surface area contributed by atoms with E-state index in [9.17, 15) is 4.39 Å². The van der Waals surface area contributed by atoms with Gasteiger partial charge in [0.25, 0.3) is 0 Å². The Hall–Kier alpha value is -3.07. The minimum absolute atomic E-state index is 0.245. The SMILES string of the molecule is Cc1cnc(Nc2ccc(OCCN(C)C)cn2)nc1-c1cnn(CC2(CF)CCC2)c1. The van der Waals surface area contributed by atoms with Gasteiger partial charge in [0.1, 0.15) is 18.2 Å². The summed E-state index contributed by atoms with van der Waals surface area (Å²) in [5, 5.41) is 7.59. The monoisotopic (exact) mass is 439 g/mol. The minimum Gasteiger partial charge on any atom is -0.491 e. The Bertz CT molecular complexity index is 1030. The molecule has 170 valence electrons. The average Bonchev–Trinajstić information content (AvgIpc) is 3.21. The normalized spacial score (nSPS) is 14.9. The Morgan fingerprint density at radius 3 is 2.69 bits per heavy atom. The Balaban J connectivity index is 1.43. The quantitative estimate of drug-likeness (QED) is 0.514. The number of pyridine rings is 1. The van der Waals surface area contributed by atoms with Gasteiger partial charge in [-0.25, -0.2) is 15.0 Å². The van der Waals surface area contributed by atoms with Gasteiger partial charge in [0.05, 0.1) is 24.8 Å². The van der Waals surface area contributed by atoms with Crippen LogP contribution < -0.4 is 10.1 Å². The Morgan fingerprint density at radius 2 is 2.03 bits per heavy atom. The lowest BCUT2D eigenvalue weighted by atomic mass is 9.70. The first kappa shape index (κ1) is 22.1. The van der Waals surface area contributed by atoms with Gasteiger partial charge < -0.3 is 15.0 Å². The van der Waals surface area contributed by atoms with Crippen LogP contribution in [-0.2, 0) is 6.54 Å². The van der Waals surface area contributed by atoms with Gasteiger partial charge in [-0.1, -0.05) is 6.42 Å². The van der Waals surface area contributed by atoms with Gasteiger partial charge in [0.15, 0.2) is 0 Å². The molecule has 0 amide bonds. The molecule has 0 radical (unpaired) electrons. The lowest BCUT2D eigenvalue weighted by Gasteiger charge is -2.39. The number of nitrogens with one attached hydrogen (secondary N) is 1. The third-order valence-corrected chi connectivity index (χ3v) is 5.86. The highest BCUT2D eigenvalue weighted by Gasteiger charge is 2.37. The van der Waals surface area contributed by atoms with Gasteiger partial charge in [-0.3, -0.25) is 9.07 Å². The molecule has 0 atom stereocenters. The van der Waals surface area contributed by atoms with Crippen LogP contribution in [0.4, 0.5) is 16.2 Å². The van der Waals surface area contributed by atoms with Crippen molar-refractivity contribution in [3.05, 3.63) is 42.5 Å². The highest BCUT2D eigenvalue weighted by atomic mass is 19.1. The second kappa shape index (κ2) is 9.60. The molecule has 0 spiro atoms. The zero-order chi connectivity index (χ0) is 22.6. The number of aromatic nitrogens is 5. The first-order chi connectivity index (χ1) is 15.5.